The lowest BCUT2D eigenvalue weighted by molar-refractivity contribution is -0.127. The molecule has 0 fully saturated rings. The van der Waals surface area contributed by atoms with E-state index >= 15 is 0 Å². The highest BCUT2D eigenvalue weighted by Crippen LogP contribution is 2.34. The molecule has 2 unspecified atom stereocenters. The maximum Gasteiger partial charge on any atom is 0.255 e. The summed E-state index contributed by atoms with van der Waals surface area (Å²) in [6.45, 7) is 5.70. The SMILES string of the molecule is CCCNC1CCN(C(=O)C(C)OC)c2ccccc21. The predicted octanol–water partition coefficient (Wildman–Crippen LogP) is 2.50. The fourth-order valence-electron chi connectivity index (χ4n) is 2.64. The average molecular weight is 276 g/mol. The van der Waals surface area contributed by atoms with Gasteiger partial charge in [0.15, 0.2) is 0 Å². The van der Waals surface area contributed by atoms with Gasteiger partial charge in [0.1, 0.15) is 6.10 Å². The van der Waals surface area contributed by atoms with Crippen LogP contribution in [0.3, 0.4) is 0 Å². The van der Waals surface area contributed by atoms with Gasteiger partial charge in [-0.1, -0.05) is 25.1 Å². The van der Waals surface area contributed by atoms with E-state index in [1.54, 1.807) is 14.0 Å². The molecule has 2 atom stereocenters. The minimum Gasteiger partial charge on any atom is -0.372 e. The number of hydrogen-bond donors (Lipinski definition) is 1. The molecule has 4 nitrogen and oxygen atoms in total. The first-order valence-electron chi connectivity index (χ1n) is 7.35. The molecule has 1 aliphatic heterocycles. The Bertz CT molecular complexity index is 462. The third-order valence-electron chi connectivity index (χ3n) is 3.85. The first-order chi connectivity index (χ1) is 9.69. The van der Waals surface area contributed by atoms with Gasteiger partial charge in [0.05, 0.1) is 0 Å². The van der Waals surface area contributed by atoms with Crippen LogP contribution < -0.4 is 10.2 Å². The van der Waals surface area contributed by atoms with Crippen molar-refractivity contribution in [2.75, 3.05) is 25.1 Å². The standard InChI is InChI=1S/C16H24N2O2/c1-4-10-17-14-9-11-18(16(19)12(2)20-3)15-8-6-5-7-13(14)15/h5-8,12,14,17H,4,9-11H2,1-3H3. The summed E-state index contributed by atoms with van der Waals surface area (Å²) < 4.78 is 5.17. The zero-order chi connectivity index (χ0) is 14.5. The van der Waals surface area contributed by atoms with Crippen LogP contribution in [0.4, 0.5) is 5.69 Å². The van der Waals surface area contributed by atoms with Crippen LogP contribution in [0.15, 0.2) is 24.3 Å². The normalized spacial score (nSPS) is 19.6. The largest absolute Gasteiger partial charge is 0.372 e. The van der Waals surface area contributed by atoms with E-state index in [2.05, 4.69) is 18.3 Å². The van der Waals surface area contributed by atoms with Crippen LogP contribution in [-0.2, 0) is 9.53 Å². The smallest absolute Gasteiger partial charge is 0.255 e. The van der Waals surface area contributed by atoms with E-state index in [4.69, 9.17) is 4.74 Å². The molecule has 1 aromatic rings. The van der Waals surface area contributed by atoms with Gasteiger partial charge >= 0.3 is 0 Å². The third kappa shape index (κ3) is 3.02. The Labute approximate surface area is 121 Å². The molecule has 1 aliphatic rings. The van der Waals surface area contributed by atoms with Gasteiger partial charge in [0.25, 0.3) is 5.91 Å². The number of methoxy groups -OCH3 is 1. The number of fused-ring (bicyclic) bond motifs is 1. The Kier molecular flexibility index (Phi) is 5.15. The molecule has 0 radical (unpaired) electrons. The zero-order valence-corrected chi connectivity index (χ0v) is 12.6. The van der Waals surface area contributed by atoms with Crippen LogP contribution in [-0.4, -0.2) is 32.2 Å². The number of carbonyl (C=O) groups excluding carboxylic acids is 1. The van der Waals surface area contributed by atoms with Crippen molar-refractivity contribution in [3.63, 3.8) is 0 Å². The molecular formula is C16H24N2O2. The van der Waals surface area contributed by atoms with Crippen LogP contribution in [0, 0.1) is 0 Å². The molecule has 4 heteroatoms. The number of benzene rings is 1. The van der Waals surface area contributed by atoms with Gasteiger partial charge < -0.3 is 15.0 Å². The lowest BCUT2D eigenvalue weighted by Crippen LogP contribution is -2.44. The molecule has 0 aliphatic carbocycles. The molecule has 0 saturated carbocycles. The molecule has 1 N–H and O–H groups in total. The fourth-order valence-corrected chi connectivity index (χ4v) is 2.64. The van der Waals surface area contributed by atoms with Gasteiger partial charge in [-0.25, -0.2) is 0 Å². The Morgan fingerprint density at radius 1 is 1.50 bits per heavy atom. The highest BCUT2D eigenvalue weighted by molar-refractivity contribution is 5.97. The quantitative estimate of drug-likeness (QED) is 0.898. The van der Waals surface area contributed by atoms with Gasteiger partial charge in [-0.05, 0) is 37.9 Å². The number of anilines is 1. The summed E-state index contributed by atoms with van der Waals surface area (Å²) in [5, 5.41) is 3.56. The fraction of sp³-hybridized carbons (Fsp3) is 0.562. The minimum atomic E-state index is -0.400. The molecule has 0 saturated heterocycles. The van der Waals surface area contributed by atoms with Gasteiger partial charge in [-0.3, -0.25) is 4.79 Å². The summed E-state index contributed by atoms with van der Waals surface area (Å²) in [4.78, 5) is 14.2. The maximum absolute atomic E-state index is 12.4. The number of nitrogens with one attached hydrogen (secondary N) is 1. The van der Waals surface area contributed by atoms with Gasteiger partial charge in [0.2, 0.25) is 0 Å². The summed E-state index contributed by atoms with van der Waals surface area (Å²) in [7, 11) is 1.57. The summed E-state index contributed by atoms with van der Waals surface area (Å²) in [6, 6.07) is 8.49. The first kappa shape index (κ1) is 15.0. The van der Waals surface area contributed by atoms with Crippen molar-refractivity contribution in [1.82, 2.24) is 5.32 Å². The van der Waals surface area contributed by atoms with Crippen molar-refractivity contribution in [3.05, 3.63) is 29.8 Å². The topological polar surface area (TPSA) is 41.6 Å². The number of carbonyl (C=O) groups is 1. The van der Waals surface area contributed by atoms with E-state index < -0.39 is 6.10 Å². The molecule has 20 heavy (non-hydrogen) atoms. The lowest BCUT2D eigenvalue weighted by atomic mass is 9.96. The van der Waals surface area contributed by atoms with E-state index in [1.165, 1.54) is 5.56 Å². The second kappa shape index (κ2) is 6.86. The Hall–Kier alpha value is -1.39. The Balaban J connectivity index is 2.24. The van der Waals surface area contributed by atoms with Gasteiger partial charge in [0, 0.05) is 25.4 Å². The number of ether oxygens (including phenoxy) is 1. The lowest BCUT2D eigenvalue weighted by Gasteiger charge is -2.35. The summed E-state index contributed by atoms with van der Waals surface area (Å²) >= 11 is 0. The van der Waals surface area contributed by atoms with Crippen molar-refractivity contribution in [3.8, 4) is 0 Å². The van der Waals surface area contributed by atoms with Crippen LogP contribution in [0.1, 0.15) is 38.3 Å². The van der Waals surface area contributed by atoms with Crippen LogP contribution >= 0.6 is 0 Å². The zero-order valence-electron chi connectivity index (χ0n) is 12.6. The highest BCUT2D eigenvalue weighted by Gasteiger charge is 2.30. The van der Waals surface area contributed by atoms with Crippen molar-refractivity contribution < 1.29 is 9.53 Å². The maximum atomic E-state index is 12.4. The second-order valence-electron chi connectivity index (χ2n) is 5.22. The molecule has 0 spiro atoms. The van der Waals surface area contributed by atoms with Crippen LogP contribution in [0.5, 0.6) is 0 Å². The molecule has 0 aromatic heterocycles. The predicted molar refractivity (Wildman–Crippen MR) is 80.9 cm³/mol. The van der Waals surface area contributed by atoms with Gasteiger partial charge in [-0.15, -0.1) is 0 Å². The molecule has 1 heterocycles. The summed E-state index contributed by atoms with van der Waals surface area (Å²) in [5.74, 6) is 0.0360. The summed E-state index contributed by atoms with van der Waals surface area (Å²) in [6.07, 6.45) is 1.66. The monoisotopic (exact) mass is 276 g/mol. The van der Waals surface area contributed by atoms with Gasteiger partial charge in [-0.2, -0.15) is 0 Å². The van der Waals surface area contributed by atoms with Crippen molar-refractivity contribution in [2.45, 2.75) is 38.8 Å². The van der Waals surface area contributed by atoms with Crippen LogP contribution in [0.25, 0.3) is 0 Å². The average Bonchev–Trinajstić information content (AvgIpc) is 2.51. The second-order valence-corrected chi connectivity index (χ2v) is 5.22. The number of amides is 1. The number of hydrogen-bond acceptors (Lipinski definition) is 3. The van der Waals surface area contributed by atoms with E-state index in [-0.39, 0.29) is 5.91 Å². The van der Waals surface area contributed by atoms with Crippen molar-refractivity contribution >= 4 is 11.6 Å². The van der Waals surface area contributed by atoms with E-state index in [1.807, 2.05) is 23.1 Å². The number of rotatable bonds is 5. The molecule has 2 rings (SSSR count). The van der Waals surface area contributed by atoms with Crippen molar-refractivity contribution in [2.24, 2.45) is 0 Å². The van der Waals surface area contributed by atoms with E-state index in [0.717, 1.165) is 31.6 Å². The molecular weight excluding hydrogens is 252 g/mol. The molecule has 0 bridgehead atoms. The third-order valence-corrected chi connectivity index (χ3v) is 3.85. The molecule has 110 valence electrons. The summed E-state index contributed by atoms with van der Waals surface area (Å²) in [5.41, 5.74) is 2.23. The number of para-hydroxylation sites is 1. The molecule has 1 aromatic carbocycles. The highest BCUT2D eigenvalue weighted by atomic mass is 16.5. The van der Waals surface area contributed by atoms with E-state index in [9.17, 15) is 4.79 Å². The van der Waals surface area contributed by atoms with Crippen LogP contribution in [0.2, 0.25) is 0 Å². The molecule has 1 amide bonds. The minimum absolute atomic E-state index is 0.0360. The number of nitrogens with zero attached hydrogens (tertiary/aromatic N) is 1. The Morgan fingerprint density at radius 2 is 2.25 bits per heavy atom. The Morgan fingerprint density at radius 3 is 2.95 bits per heavy atom. The van der Waals surface area contributed by atoms with E-state index in [0.29, 0.717) is 6.04 Å². The van der Waals surface area contributed by atoms with Crippen molar-refractivity contribution in [1.29, 1.82) is 0 Å². The first-order valence-corrected chi connectivity index (χ1v) is 7.35.